The molecule has 0 radical (unpaired) electrons. The maximum absolute atomic E-state index is 3.55. The molecule has 2 aliphatic rings. The van der Waals surface area contributed by atoms with Crippen LogP contribution in [0.3, 0.4) is 0 Å². The van der Waals surface area contributed by atoms with Crippen LogP contribution in [0.15, 0.2) is 0 Å². The molecule has 2 rings (SSSR count). The monoisotopic (exact) mass is 238 g/mol. The Balaban J connectivity index is 1.64. The van der Waals surface area contributed by atoms with Gasteiger partial charge in [-0.15, -0.1) is 0 Å². The van der Waals surface area contributed by atoms with Crippen molar-refractivity contribution < 1.29 is 0 Å². The van der Waals surface area contributed by atoms with Crippen molar-refractivity contribution in [2.45, 2.75) is 46.0 Å². The smallest absolute Gasteiger partial charge is 0.000954 e. The first kappa shape index (κ1) is 13.4. The second-order valence-corrected chi connectivity index (χ2v) is 6.21. The van der Waals surface area contributed by atoms with E-state index >= 15 is 0 Å². The fourth-order valence-corrected chi connectivity index (χ4v) is 3.03. The van der Waals surface area contributed by atoms with Gasteiger partial charge in [0, 0.05) is 6.54 Å². The van der Waals surface area contributed by atoms with Crippen LogP contribution in [0.25, 0.3) is 0 Å². The highest BCUT2D eigenvalue weighted by molar-refractivity contribution is 4.78. The second kappa shape index (κ2) is 6.75. The summed E-state index contributed by atoms with van der Waals surface area (Å²) < 4.78 is 0. The first-order chi connectivity index (χ1) is 8.29. The summed E-state index contributed by atoms with van der Waals surface area (Å²) in [5.41, 5.74) is 0. The molecule has 1 aliphatic carbocycles. The van der Waals surface area contributed by atoms with Gasteiger partial charge in [-0.05, 0) is 76.0 Å². The predicted octanol–water partition coefficient (Wildman–Crippen LogP) is 2.74. The lowest BCUT2D eigenvalue weighted by Gasteiger charge is -2.30. The van der Waals surface area contributed by atoms with Crippen LogP contribution in [0, 0.1) is 17.8 Å². The van der Waals surface area contributed by atoms with E-state index in [-0.39, 0.29) is 0 Å². The fraction of sp³-hybridized carbons (Fsp3) is 1.00. The maximum atomic E-state index is 3.55. The van der Waals surface area contributed by atoms with Crippen molar-refractivity contribution in [3.8, 4) is 0 Å². The van der Waals surface area contributed by atoms with Gasteiger partial charge in [0.2, 0.25) is 0 Å². The van der Waals surface area contributed by atoms with Crippen molar-refractivity contribution in [3.63, 3.8) is 0 Å². The molecule has 0 spiro atoms. The topological polar surface area (TPSA) is 15.3 Å². The first-order valence-corrected chi connectivity index (χ1v) is 7.72. The van der Waals surface area contributed by atoms with E-state index in [1.54, 1.807) is 0 Å². The molecule has 0 aromatic heterocycles. The van der Waals surface area contributed by atoms with Crippen LogP contribution in [-0.2, 0) is 0 Å². The van der Waals surface area contributed by atoms with Crippen LogP contribution in [0.2, 0.25) is 0 Å². The van der Waals surface area contributed by atoms with Crippen molar-refractivity contribution in [1.82, 2.24) is 10.2 Å². The number of rotatable bonds is 7. The van der Waals surface area contributed by atoms with Crippen LogP contribution >= 0.6 is 0 Å². The molecule has 0 bridgehead atoms. The molecule has 2 heteroatoms. The minimum Gasteiger partial charge on any atom is -0.316 e. The normalized spacial score (nSPS) is 27.4. The standard InChI is InChI=1S/C15H30N2/c1-3-17(12-14-6-7-14)10-8-13(2)15-5-4-9-16-11-15/h13-16H,3-12H2,1-2H3. The lowest BCUT2D eigenvalue weighted by molar-refractivity contribution is 0.213. The first-order valence-electron chi connectivity index (χ1n) is 7.72. The molecule has 0 aromatic rings. The third kappa shape index (κ3) is 4.59. The summed E-state index contributed by atoms with van der Waals surface area (Å²) in [6.45, 7) is 11.2. The minimum atomic E-state index is 0.899. The molecule has 1 N–H and O–H groups in total. The number of piperidine rings is 1. The van der Waals surface area contributed by atoms with Crippen LogP contribution in [0.5, 0.6) is 0 Å². The second-order valence-electron chi connectivity index (χ2n) is 6.21. The summed E-state index contributed by atoms with van der Waals surface area (Å²) in [5, 5.41) is 3.55. The molecule has 1 saturated heterocycles. The van der Waals surface area contributed by atoms with Gasteiger partial charge >= 0.3 is 0 Å². The third-order valence-corrected chi connectivity index (χ3v) is 4.70. The quantitative estimate of drug-likeness (QED) is 0.733. The molecule has 2 unspecified atom stereocenters. The van der Waals surface area contributed by atoms with Crippen LogP contribution < -0.4 is 5.32 Å². The van der Waals surface area contributed by atoms with Gasteiger partial charge in [-0.2, -0.15) is 0 Å². The molecular formula is C15H30N2. The van der Waals surface area contributed by atoms with Crippen LogP contribution in [0.1, 0.15) is 46.0 Å². The Morgan fingerprint density at radius 1 is 1.29 bits per heavy atom. The number of hydrogen-bond donors (Lipinski definition) is 1. The van der Waals surface area contributed by atoms with E-state index in [2.05, 4.69) is 24.1 Å². The average Bonchev–Trinajstić information content (AvgIpc) is 3.19. The van der Waals surface area contributed by atoms with Crippen molar-refractivity contribution in [3.05, 3.63) is 0 Å². The zero-order chi connectivity index (χ0) is 12.1. The molecule has 0 amide bonds. The Morgan fingerprint density at radius 3 is 2.71 bits per heavy atom. The number of nitrogens with zero attached hydrogens (tertiary/aromatic N) is 1. The zero-order valence-electron chi connectivity index (χ0n) is 11.8. The van der Waals surface area contributed by atoms with Crippen LogP contribution in [0.4, 0.5) is 0 Å². The largest absolute Gasteiger partial charge is 0.316 e. The Kier molecular flexibility index (Phi) is 5.30. The van der Waals surface area contributed by atoms with E-state index in [0.29, 0.717) is 0 Å². The molecule has 2 nitrogen and oxygen atoms in total. The van der Waals surface area contributed by atoms with E-state index in [1.807, 2.05) is 0 Å². The molecule has 1 saturated carbocycles. The van der Waals surface area contributed by atoms with Gasteiger partial charge in [-0.1, -0.05) is 13.8 Å². The van der Waals surface area contributed by atoms with E-state index in [0.717, 1.165) is 17.8 Å². The third-order valence-electron chi connectivity index (χ3n) is 4.70. The SMILES string of the molecule is CCN(CCC(C)C1CCCNC1)CC1CC1. The molecule has 1 aliphatic heterocycles. The molecule has 100 valence electrons. The van der Waals surface area contributed by atoms with E-state index < -0.39 is 0 Å². The summed E-state index contributed by atoms with van der Waals surface area (Å²) in [4.78, 5) is 2.67. The zero-order valence-corrected chi connectivity index (χ0v) is 11.8. The molecule has 2 atom stereocenters. The van der Waals surface area contributed by atoms with E-state index in [4.69, 9.17) is 0 Å². The molecule has 17 heavy (non-hydrogen) atoms. The van der Waals surface area contributed by atoms with Crippen molar-refractivity contribution >= 4 is 0 Å². The van der Waals surface area contributed by atoms with Gasteiger partial charge < -0.3 is 10.2 Å². The summed E-state index contributed by atoms with van der Waals surface area (Å²) in [6, 6.07) is 0. The summed E-state index contributed by atoms with van der Waals surface area (Å²) in [6.07, 6.45) is 7.20. The Hall–Kier alpha value is -0.0800. The van der Waals surface area contributed by atoms with Gasteiger partial charge in [0.15, 0.2) is 0 Å². The van der Waals surface area contributed by atoms with Gasteiger partial charge in [0.05, 0.1) is 0 Å². The average molecular weight is 238 g/mol. The highest BCUT2D eigenvalue weighted by Gasteiger charge is 2.24. The highest BCUT2D eigenvalue weighted by atomic mass is 15.1. The Labute approximate surface area is 107 Å². The van der Waals surface area contributed by atoms with Gasteiger partial charge in [-0.3, -0.25) is 0 Å². The predicted molar refractivity (Wildman–Crippen MR) is 74.2 cm³/mol. The molecule has 2 fully saturated rings. The van der Waals surface area contributed by atoms with Gasteiger partial charge in [-0.25, -0.2) is 0 Å². The minimum absolute atomic E-state index is 0.899. The maximum Gasteiger partial charge on any atom is 0.000954 e. The van der Waals surface area contributed by atoms with Crippen molar-refractivity contribution in [2.75, 3.05) is 32.7 Å². The van der Waals surface area contributed by atoms with Gasteiger partial charge in [0.25, 0.3) is 0 Å². The Bertz CT molecular complexity index is 207. The molecule has 0 aromatic carbocycles. The van der Waals surface area contributed by atoms with Gasteiger partial charge in [0.1, 0.15) is 0 Å². The van der Waals surface area contributed by atoms with E-state index in [1.165, 1.54) is 64.8 Å². The van der Waals surface area contributed by atoms with Crippen molar-refractivity contribution in [2.24, 2.45) is 17.8 Å². The number of nitrogens with one attached hydrogen (secondary N) is 1. The number of hydrogen-bond acceptors (Lipinski definition) is 2. The van der Waals surface area contributed by atoms with Crippen LogP contribution in [-0.4, -0.2) is 37.6 Å². The molecule has 1 heterocycles. The highest BCUT2D eigenvalue weighted by Crippen LogP contribution is 2.30. The van der Waals surface area contributed by atoms with Crippen molar-refractivity contribution in [1.29, 1.82) is 0 Å². The lowest BCUT2D eigenvalue weighted by Crippen LogP contribution is -2.35. The van der Waals surface area contributed by atoms with E-state index in [9.17, 15) is 0 Å². The summed E-state index contributed by atoms with van der Waals surface area (Å²) in [7, 11) is 0. The summed E-state index contributed by atoms with van der Waals surface area (Å²) in [5.74, 6) is 2.88. The Morgan fingerprint density at radius 2 is 2.12 bits per heavy atom. The summed E-state index contributed by atoms with van der Waals surface area (Å²) >= 11 is 0. The molecular weight excluding hydrogens is 208 g/mol. The lowest BCUT2D eigenvalue weighted by atomic mass is 9.85. The fourth-order valence-electron chi connectivity index (χ4n) is 3.03.